The van der Waals surface area contributed by atoms with Crippen LogP contribution in [0, 0.1) is 6.92 Å². The molecule has 0 aliphatic rings. The minimum Gasteiger partial charge on any atom is -0.387 e. The van der Waals surface area contributed by atoms with Crippen molar-refractivity contribution in [1.82, 2.24) is 4.90 Å². The predicted octanol–water partition coefficient (Wildman–Crippen LogP) is 3.55. The first-order valence-electron chi connectivity index (χ1n) is 7.06. The molecule has 0 amide bonds. The van der Waals surface area contributed by atoms with Crippen molar-refractivity contribution < 1.29 is 5.11 Å². The van der Waals surface area contributed by atoms with Crippen molar-refractivity contribution in [3.8, 4) is 0 Å². The molecule has 0 aliphatic heterocycles. The molecule has 0 radical (unpaired) electrons. The van der Waals surface area contributed by atoms with Crippen molar-refractivity contribution in [3.05, 3.63) is 71.3 Å². The van der Waals surface area contributed by atoms with Crippen LogP contribution in [0.25, 0.3) is 0 Å². The number of aryl methyl sites for hydroxylation is 1. The highest BCUT2D eigenvalue weighted by molar-refractivity contribution is 5.22. The maximum absolute atomic E-state index is 10.4. The number of rotatable bonds is 5. The van der Waals surface area contributed by atoms with Gasteiger partial charge in [-0.3, -0.25) is 4.90 Å². The zero-order valence-electron chi connectivity index (χ0n) is 12.5. The van der Waals surface area contributed by atoms with Gasteiger partial charge in [0.2, 0.25) is 0 Å². The quantitative estimate of drug-likeness (QED) is 0.897. The van der Waals surface area contributed by atoms with E-state index in [9.17, 15) is 5.11 Å². The minimum absolute atomic E-state index is 0.0682. The minimum atomic E-state index is -0.466. The number of benzene rings is 2. The van der Waals surface area contributed by atoms with Crippen LogP contribution < -0.4 is 0 Å². The molecule has 0 aliphatic carbocycles. The SMILES string of the molecule is Cc1ccc(CN(C)C(C)C(O)c2ccccc2)cc1. The van der Waals surface area contributed by atoms with Crippen LogP contribution >= 0.6 is 0 Å². The maximum Gasteiger partial charge on any atom is 0.0942 e. The third-order valence-corrected chi connectivity index (χ3v) is 3.85. The summed E-state index contributed by atoms with van der Waals surface area (Å²) < 4.78 is 0. The van der Waals surface area contributed by atoms with E-state index in [0.29, 0.717) is 0 Å². The van der Waals surface area contributed by atoms with Gasteiger partial charge < -0.3 is 5.11 Å². The molecule has 2 rings (SSSR count). The molecule has 2 aromatic carbocycles. The number of hydrogen-bond acceptors (Lipinski definition) is 2. The van der Waals surface area contributed by atoms with Crippen LogP contribution in [-0.2, 0) is 6.54 Å². The molecule has 0 heterocycles. The molecule has 0 bridgehead atoms. The van der Waals surface area contributed by atoms with Gasteiger partial charge in [0.05, 0.1) is 6.10 Å². The van der Waals surface area contributed by atoms with Crippen molar-refractivity contribution in [3.63, 3.8) is 0 Å². The molecule has 2 heteroatoms. The van der Waals surface area contributed by atoms with Crippen LogP contribution in [0.2, 0.25) is 0 Å². The van der Waals surface area contributed by atoms with E-state index in [1.165, 1.54) is 11.1 Å². The smallest absolute Gasteiger partial charge is 0.0942 e. The zero-order chi connectivity index (χ0) is 14.5. The van der Waals surface area contributed by atoms with Gasteiger partial charge in [-0.15, -0.1) is 0 Å². The van der Waals surface area contributed by atoms with E-state index in [1.54, 1.807) is 0 Å². The summed E-state index contributed by atoms with van der Waals surface area (Å²) in [5, 5.41) is 10.4. The van der Waals surface area contributed by atoms with E-state index < -0.39 is 6.10 Å². The standard InChI is InChI=1S/C18H23NO/c1-14-9-11-16(12-10-14)13-19(3)15(2)18(20)17-7-5-4-6-8-17/h4-12,15,18,20H,13H2,1-3H3. The van der Waals surface area contributed by atoms with Crippen LogP contribution in [-0.4, -0.2) is 23.1 Å². The lowest BCUT2D eigenvalue weighted by molar-refractivity contribution is 0.0688. The highest BCUT2D eigenvalue weighted by Crippen LogP contribution is 2.21. The molecule has 1 N–H and O–H groups in total. The second-order valence-corrected chi connectivity index (χ2v) is 5.50. The molecule has 0 saturated carbocycles. The normalized spacial score (nSPS) is 14.2. The van der Waals surface area contributed by atoms with Crippen LogP contribution in [0.1, 0.15) is 29.7 Å². The Hall–Kier alpha value is -1.64. The molecule has 106 valence electrons. The van der Waals surface area contributed by atoms with Crippen LogP contribution in [0.15, 0.2) is 54.6 Å². The molecule has 0 fully saturated rings. The fraction of sp³-hybridized carbons (Fsp3) is 0.333. The van der Waals surface area contributed by atoms with E-state index in [0.717, 1.165) is 12.1 Å². The second kappa shape index (κ2) is 6.69. The first-order chi connectivity index (χ1) is 9.58. The van der Waals surface area contributed by atoms with Crippen LogP contribution in [0.3, 0.4) is 0 Å². The summed E-state index contributed by atoms with van der Waals surface area (Å²) in [6.07, 6.45) is -0.466. The van der Waals surface area contributed by atoms with Crippen LogP contribution in [0.4, 0.5) is 0 Å². The fourth-order valence-electron chi connectivity index (χ4n) is 2.30. The molecule has 2 atom stereocenters. The average Bonchev–Trinajstić information content (AvgIpc) is 2.49. The topological polar surface area (TPSA) is 23.5 Å². The van der Waals surface area contributed by atoms with E-state index in [-0.39, 0.29) is 6.04 Å². The number of aliphatic hydroxyl groups is 1. The Morgan fingerprint density at radius 1 is 1.00 bits per heavy atom. The summed E-state index contributed by atoms with van der Waals surface area (Å²) in [4.78, 5) is 2.18. The molecule has 0 spiro atoms. The van der Waals surface area contributed by atoms with Gasteiger partial charge in [0.1, 0.15) is 0 Å². The lowest BCUT2D eigenvalue weighted by Crippen LogP contribution is -2.33. The van der Waals surface area contributed by atoms with E-state index in [1.807, 2.05) is 30.3 Å². The van der Waals surface area contributed by atoms with Crippen molar-refractivity contribution in [2.24, 2.45) is 0 Å². The highest BCUT2D eigenvalue weighted by Gasteiger charge is 2.20. The Kier molecular flexibility index (Phi) is 4.94. The number of aliphatic hydroxyl groups excluding tert-OH is 1. The summed E-state index contributed by atoms with van der Waals surface area (Å²) >= 11 is 0. The molecule has 0 aromatic heterocycles. The molecule has 20 heavy (non-hydrogen) atoms. The Morgan fingerprint density at radius 3 is 2.20 bits per heavy atom. The van der Waals surface area contributed by atoms with Crippen molar-refractivity contribution in [1.29, 1.82) is 0 Å². The summed E-state index contributed by atoms with van der Waals surface area (Å²) in [5.41, 5.74) is 3.51. The summed E-state index contributed by atoms with van der Waals surface area (Å²) in [7, 11) is 2.05. The Labute approximate surface area is 121 Å². The third-order valence-electron chi connectivity index (χ3n) is 3.85. The third kappa shape index (κ3) is 3.69. The van der Waals surface area contributed by atoms with Gasteiger partial charge in [0.15, 0.2) is 0 Å². The average molecular weight is 269 g/mol. The van der Waals surface area contributed by atoms with Gasteiger partial charge in [-0.25, -0.2) is 0 Å². The molecule has 0 saturated heterocycles. The van der Waals surface area contributed by atoms with Crippen LogP contribution in [0.5, 0.6) is 0 Å². The van der Waals surface area contributed by atoms with Crippen molar-refractivity contribution in [2.75, 3.05) is 7.05 Å². The Balaban J connectivity index is 2.01. The Bertz CT molecular complexity index is 521. The molecule has 2 nitrogen and oxygen atoms in total. The largest absolute Gasteiger partial charge is 0.387 e. The fourth-order valence-corrected chi connectivity index (χ4v) is 2.30. The lowest BCUT2D eigenvalue weighted by Gasteiger charge is -2.29. The maximum atomic E-state index is 10.4. The zero-order valence-corrected chi connectivity index (χ0v) is 12.5. The Morgan fingerprint density at radius 2 is 1.60 bits per heavy atom. The van der Waals surface area contributed by atoms with Gasteiger partial charge in [0.25, 0.3) is 0 Å². The van der Waals surface area contributed by atoms with Gasteiger partial charge >= 0.3 is 0 Å². The van der Waals surface area contributed by atoms with E-state index in [4.69, 9.17) is 0 Å². The molecule has 2 unspecified atom stereocenters. The van der Waals surface area contributed by atoms with Gasteiger partial charge in [0, 0.05) is 12.6 Å². The van der Waals surface area contributed by atoms with E-state index >= 15 is 0 Å². The molecular formula is C18H23NO. The van der Waals surface area contributed by atoms with Crippen molar-refractivity contribution in [2.45, 2.75) is 32.5 Å². The summed E-state index contributed by atoms with van der Waals surface area (Å²) in [6.45, 7) is 4.99. The lowest BCUT2D eigenvalue weighted by atomic mass is 10.0. The second-order valence-electron chi connectivity index (χ2n) is 5.50. The van der Waals surface area contributed by atoms with E-state index in [2.05, 4.69) is 50.1 Å². The van der Waals surface area contributed by atoms with Gasteiger partial charge in [-0.05, 0) is 32.0 Å². The van der Waals surface area contributed by atoms with Gasteiger partial charge in [-0.1, -0.05) is 60.2 Å². The first kappa shape index (κ1) is 14.8. The molecular weight excluding hydrogens is 246 g/mol. The molecule has 2 aromatic rings. The number of hydrogen-bond donors (Lipinski definition) is 1. The monoisotopic (exact) mass is 269 g/mol. The van der Waals surface area contributed by atoms with Gasteiger partial charge in [-0.2, -0.15) is 0 Å². The van der Waals surface area contributed by atoms with Crippen molar-refractivity contribution >= 4 is 0 Å². The summed E-state index contributed by atoms with van der Waals surface area (Å²) in [6, 6.07) is 18.5. The summed E-state index contributed by atoms with van der Waals surface area (Å²) in [5.74, 6) is 0. The number of likely N-dealkylation sites (N-methyl/N-ethyl adjacent to an activating group) is 1. The number of nitrogens with zero attached hydrogens (tertiary/aromatic N) is 1. The highest BCUT2D eigenvalue weighted by atomic mass is 16.3. The first-order valence-corrected chi connectivity index (χ1v) is 7.06. The predicted molar refractivity (Wildman–Crippen MR) is 83.5 cm³/mol.